The highest BCUT2D eigenvalue weighted by Crippen LogP contribution is 2.37. The van der Waals surface area contributed by atoms with Crippen molar-refractivity contribution in [3.05, 3.63) is 77.4 Å². The highest BCUT2D eigenvalue weighted by molar-refractivity contribution is 5.48. The molecule has 1 aromatic heterocycles. The zero-order chi connectivity index (χ0) is 21.2. The minimum atomic E-state index is 0.331. The van der Waals surface area contributed by atoms with Crippen LogP contribution in [0.3, 0.4) is 0 Å². The van der Waals surface area contributed by atoms with Crippen LogP contribution in [0.25, 0.3) is 0 Å². The molecular weight excluding hydrogens is 386 g/mol. The first kappa shape index (κ1) is 20.1. The summed E-state index contributed by atoms with van der Waals surface area (Å²) in [4.78, 5) is 7.27. The van der Waals surface area contributed by atoms with Gasteiger partial charge in [0.05, 0.1) is 0 Å². The van der Waals surface area contributed by atoms with Crippen molar-refractivity contribution in [2.24, 2.45) is 0 Å². The number of benzene rings is 2. The van der Waals surface area contributed by atoms with Crippen molar-refractivity contribution in [3.8, 4) is 11.5 Å². The van der Waals surface area contributed by atoms with Gasteiger partial charge in [0.2, 0.25) is 6.79 Å². The molecule has 1 fully saturated rings. The Morgan fingerprint density at radius 2 is 1.81 bits per heavy atom. The number of imidazole rings is 1. The third-order valence-electron chi connectivity index (χ3n) is 6.57. The normalized spacial score (nSPS) is 16.9. The quantitative estimate of drug-likeness (QED) is 0.555. The van der Waals surface area contributed by atoms with Gasteiger partial charge in [-0.2, -0.15) is 0 Å². The first-order valence-corrected chi connectivity index (χ1v) is 11.4. The highest BCUT2D eigenvalue weighted by atomic mass is 16.7. The fourth-order valence-corrected chi connectivity index (χ4v) is 4.72. The fourth-order valence-electron chi connectivity index (χ4n) is 4.72. The van der Waals surface area contributed by atoms with Gasteiger partial charge in [-0.1, -0.05) is 50.2 Å². The summed E-state index contributed by atoms with van der Waals surface area (Å²) in [5.41, 5.74) is 3.95. The Kier molecular flexibility index (Phi) is 5.68. The van der Waals surface area contributed by atoms with Crippen molar-refractivity contribution >= 4 is 0 Å². The Labute approximate surface area is 184 Å². The van der Waals surface area contributed by atoms with Gasteiger partial charge in [-0.3, -0.25) is 4.90 Å². The largest absolute Gasteiger partial charge is 0.454 e. The van der Waals surface area contributed by atoms with Crippen LogP contribution in [0.15, 0.2) is 54.9 Å². The smallest absolute Gasteiger partial charge is 0.231 e. The fraction of sp³-hybridized carbons (Fsp3) is 0.423. The summed E-state index contributed by atoms with van der Waals surface area (Å²) < 4.78 is 13.5. The number of hydrogen-bond acceptors (Lipinski definition) is 4. The van der Waals surface area contributed by atoms with E-state index in [-0.39, 0.29) is 0 Å². The SMILES string of the molecule is CC(C)c1ccc(Cn2ccnc2C2CCN(Cc3cccc4c3OCO4)CC2)cc1. The number of likely N-dealkylation sites (tertiary alicyclic amines) is 1. The molecule has 0 amide bonds. The predicted molar refractivity (Wildman–Crippen MR) is 122 cm³/mol. The molecule has 0 N–H and O–H groups in total. The number of rotatable bonds is 6. The van der Waals surface area contributed by atoms with Gasteiger partial charge >= 0.3 is 0 Å². The Bertz CT molecular complexity index is 1020. The summed E-state index contributed by atoms with van der Waals surface area (Å²) in [5, 5.41) is 0. The predicted octanol–water partition coefficient (Wildman–Crippen LogP) is 5.16. The van der Waals surface area contributed by atoms with E-state index < -0.39 is 0 Å². The number of fused-ring (bicyclic) bond motifs is 1. The second kappa shape index (κ2) is 8.75. The van der Waals surface area contributed by atoms with Gasteiger partial charge in [0.15, 0.2) is 11.5 Å². The van der Waals surface area contributed by atoms with E-state index in [4.69, 9.17) is 14.5 Å². The van der Waals surface area contributed by atoms with E-state index in [9.17, 15) is 0 Å². The van der Waals surface area contributed by atoms with Crippen LogP contribution < -0.4 is 9.47 Å². The Balaban J connectivity index is 1.21. The maximum Gasteiger partial charge on any atom is 0.231 e. The third-order valence-corrected chi connectivity index (χ3v) is 6.57. The lowest BCUT2D eigenvalue weighted by Crippen LogP contribution is -2.33. The van der Waals surface area contributed by atoms with Gasteiger partial charge < -0.3 is 14.0 Å². The van der Waals surface area contributed by atoms with Gasteiger partial charge in [0.1, 0.15) is 5.82 Å². The first-order chi connectivity index (χ1) is 15.2. The summed E-state index contributed by atoms with van der Waals surface area (Å²) in [6.07, 6.45) is 6.35. The maximum absolute atomic E-state index is 5.68. The van der Waals surface area contributed by atoms with Crippen LogP contribution >= 0.6 is 0 Å². The van der Waals surface area contributed by atoms with E-state index in [2.05, 4.69) is 65.9 Å². The molecule has 0 bridgehead atoms. The van der Waals surface area contributed by atoms with Crippen molar-refractivity contribution in [1.29, 1.82) is 0 Å². The molecule has 0 atom stereocenters. The molecule has 0 unspecified atom stereocenters. The molecule has 5 rings (SSSR count). The summed E-state index contributed by atoms with van der Waals surface area (Å²) in [6, 6.07) is 15.2. The monoisotopic (exact) mass is 417 g/mol. The molecule has 2 aliphatic heterocycles. The molecule has 2 aliphatic rings. The molecule has 3 heterocycles. The van der Waals surface area contributed by atoms with E-state index in [0.29, 0.717) is 18.6 Å². The molecule has 5 nitrogen and oxygen atoms in total. The van der Waals surface area contributed by atoms with Crippen LogP contribution in [0.2, 0.25) is 0 Å². The van der Waals surface area contributed by atoms with Crippen molar-refractivity contribution in [3.63, 3.8) is 0 Å². The minimum Gasteiger partial charge on any atom is -0.454 e. The topological polar surface area (TPSA) is 39.5 Å². The Hall–Kier alpha value is -2.79. The molecule has 3 aromatic rings. The van der Waals surface area contributed by atoms with Crippen LogP contribution in [0, 0.1) is 0 Å². The van der Waals surface area contributed by atoms with Crippen molar-refractivity contribution < 1.29 is 9.47 Å². The van der Waals surface area contributed by atoms with Crippen LogP contribution in [0.1, 0.15) is 61.0 Å². The molecule has 0 aliphatic carbocycles. The second-order valence-electron chi connectivity index (χ2n) is 9.01. The van der Waals surface area contributed by atoms with E-state index >= 15 is 0 Å². The number of aromatic nitrogens is 2. The summed E-state index contributed by atoms with van der Waals surface area (Å²) in [6.45, 7) is 8.76. The van der Waals surface area contributed by atoms with Crippen molar-refractivity contribution in [1.82, 2.24) is 14.5 Å². The molecule has 0 spiro atoms. The van der Waals surface area contributed by atoms with Gasteiger partial charge in [-0.15, -0.1) is 0 Å². The lowest BCUT2D eigenvalue weighted by molar-refractivity contribution is 0.169. The molecule has 5 heteroatoms. The molecule has 0 radical (unpaired) electrons. The second-order valence-corrected chi connectivity index (χ2v) is 9.01. The number of para-hydroxylation sites is 1. The van der Waals surface area contributed by atoms with Gasteiger partial charge in [0.25, 0.3) is 0 Å². The standard InChI is InChI=1S/C26H31N3O2/c1-19(2)21-8-6-20(7-9-21)16-29-15-12-27-26(29)22-10-13-28(14-11-22)17-23-4-3-5-24-25(23)31-18-30-24/h3-9,12,15,19,22H,10-11,13-14,16-18H2,1-2H3. The van der Waals surface area contributed by atoms with Crippen LogP contribution in [0.4, 0.5) is 0 Å². The molecule has 1 saturated heterocycles. The van der Waals surface area contributed by atoms with Crippen LogP contribution in [0.5, 0.6) is 11.5 Å². The Morgan fingerprint density at radius 3 is 2.58 bits per heavy atom. The van der Waals surface area contributed by atoms with Gasteiger partial charge in [0, 0.05) is 37.0 Å². The summed E-state index contributed by atoms with van der Waals surface area (Å²) in [7, 11) is 0. The zero-order valence-corrected chi connectivity index (χ0v) is 18.5. The zero-order valence-electron chi connectivity index (χ0n) is 18.5. The van der Waals surface area contributed by atoms with Crippen molar-refractivity contribution in [2.75, 3.05) is 19.9 Å². The van der Waals surface area contributed by atoms with E-state index in [0.717, 1.165) is 50.5 Å². The van der Waals surface area contributed by atoms with E-state index in [1.165, 1.54) is 22.5 Å². The number of hydrogen-bond donors (Lipinski definition) is 0. The third kappa shape index (κ3) is 4.33. The number of nitrogens with zero attached hydrogens (tertiary/aromatic N) is 3. The van der Waals surface area contributed by atoms with Gasteiger partial charge in [-0.05, 0) is 49.0 Å². The number of piperidine rings is 1. The first-order valence-electron chi connectivity index (χ1n) is 11.4. The molecule has 2 aromatic carbocycles. The minimum absolute atomic E-state index is 0.331. The maximum atomic E-state index is 5.68. The summed E-state index contributed by atoms with van der Waals surface area (Å²) in [5.74, 6) is 4.10. The Morgan fingerprint density at radius 1 is 1.00 bits per heavy atom. The lowest BCUT2D eigenvalue weighted by atomic mass is 9.95. The van der Waals surface area contributed by atoms with Crippen molar-refractivity contribution in [2.45, 2.75) is 51.6 Å². The molecule has 0 saturated carbocycles. The van der Waals surface area contributed by atoms with Crippen LogP contribution in [-0.2, 0) is 13.1 Å². The number of ether oxygens (including phenoxy) is 2. The average molecular weight is 418 g/mol. The highest BCUT2D eigenvalue weighted by Gasteiger charge is 2.26. The van der Waals surface area contributed by atoms with E-state index in [1.807, 2.05) is 12.3 Å². The molecular formula is C26H31N3O2. The van der Waals surface area contributed by atoms with Gasteiger partial charge in [-0.25, -0.2) is 4.98 Å². The van der Waals surface area contributed by atoms with E-state index in [1.54, 1.807) is 0 Å². The lowest BCUT2D eigenvalue weighted by Gasteiger charge is -2.32. The average Bonchev–Trinajstić information content (AvgIpc) is 3.45. The molecule has 162 valence electrons. The summed E-state index contributed by atoms with van der Waals surface area (Å²) >= 11 is 0. The molecule has 31 heavy (non-hydrogen) atoms. The van der Waals surface area contributed by atoms with Crippen LogP contribution in [-0.4, -0.2) is 34.3 Å².